The lowest BCUT2D eigenvalue weighted by Gasteiger charge is -2.22. The maximum absolute atomic E-state index is 13.6. The molecule has 136 valence electrons. The van der Waals surface area contributed by atoms with Crippen LogP contribution in [0.2, 0.25) is 0 Å². The van der Waals surface area contributed by atoms with Crippen molar-refractivity contribution >= 4 is 16.9 Å². The lowest BCUT2D eigenvalue weighted by Crippen LogP contribution is -2.34. The third kappa shape index (κ3) is 3.42. The third-order valence-electron chi connectivity index (χ3n) is 4.30. The second-order valence-corrected chi connectivity index (χ2v) is 6.59. The van der Waals surface area contributed by atoms with Gasteiger partial charge in [0, 0.05) is 18.8 Å². The maximum Gasteiger partial charge on any atom is 0.272 e. The van der Waals surface area contributed by atoms with Gasteiger partial charge in [-0.25, -0.2) is 14.4 Å². The molecule has 0 fully saturated rings. The number of carbonyl (C=O) groups excluding carboxylic acids is 1. The molecular weight excluding hydrogens is 333 g/mol. The number of halogens is 1. The van der Waals surface area contributed by atoms with E-state index in [1.165, 1.54) is 18.3 Å². The number of hydrogen-bond donors (Lipinski definition) is 1. The van der Waals surface area contributed by atoms with Gasteiger partial charge >= 0.3 is 0 Å². The Balaban J connectivity index is 1.99. The minimum absolute atomic E-state index is 0.0873. The van der Waals surface area contributed by atoms with E-state index in [4.69, 9.17) is 0 Å². The molecule has 1 amide bonds. The van der Waals surface area contributed by atoms with Crippen LogP contribution in [-0.2, 0) is 6.54 Å². The van der Waals surface area contributed by atoms with Crippen LogP contribution in [0.25, 0.3) is 11.0 Å². The fourth-order valence-corrected chi connectivity index (χ4v) is 2.95. The molecule has 1 aromatic carbocycles. The van der Waals surface area contributed by atoms with Crippen LogP contribution in [0, 0.1) is 18.7 Å². The van der Waals surface area contributed by atoms with E-state index in [1.807, 2.05) is 32.3 Å². The van der Waals surface area contributed by atoms with E-state index in [0.717, 1.165) is 11.2 Å². The van der Waals surface area contributed by atoms with Crippen molar-refractivity contribution in [2.24, 2.45) is 5.92 Å². The van der Waals surface area contributed by atoms with Gasteiger partial charge in [-0.2, -0.15) is 0 Å². The zero-order valence-corrected chi connectivity index (χ0v) is 15.3. The zero-order valence-electron chi connectivity index (χ0n) is 15.3. The number of fused-ring (bicyclic) bond motifs is 1. The first-order chi connectivity index (χ1) is 12.4. The van der Waals surface area contributed by atoms with Crippen molar-refractivity contribution in [1.82, 2.24) is 24.8 Å². The van der Waals surface area contributed by atoms with Gasteiger partial charge in [-0.15, -0.1) is 0 Å². The monoisotopic (exact) mass is 355 g/mol. The van der Waals surface area contributed by atoms with Crippen molar-refractivity contribution in [3.8, 4) is 0 Å². The van der Waals surface area contributed by atoms with Crippen molar-refractivity contribution in [2.75, 3.05) is 0 Å². The average Bonchev–Trinajstić information content (AvgIpc) is 2.96. The number of carbonyl (C=O) groups is 1. The molecule has 3 rings (SSSR count). The largest absolute Gasteiger partial charge is 0.340 e. The first-order valence-corrected chi connectivity index (χ1v) is 8.66. The topological polar surface area (TPSA) is 72.7 Å². The lowest BCUT2D eigenvalue weighted by molar-refractivity contribution is 0.0916. The molecule has 1 N–H and O–H groups in total. The van der Waals surface area contributed by atoms with Gasteiger partial charge in [-0.05, 0) is 31.9 Å². The summed E-state index contributed by atoms with van der Waals surface area (Å²) < 4.78 is 15.6. The smallest absolute Gasteiger partial charge is 0.272 e. The van der Waals surface area contributed by atoms with Crippen LogP contribution in [0.3, 0.4) is 0 Å². The number of hydrogen-bond acceptors (Lipinski definition) is 4. The molecule has 6 nitrogen and oxygen atoms in total. The van der Waals surface area contributed by atoms with Crippen LogP contribution in [0.1, 0.15) is 48.8 Å². The van der Waals surface area contributed by atoms with E-state index in [0.29, 0.717) is 17.9 Å². The summed E-state index contributed by atoms with van der Waals surface area (Å²) in [6, 6.07) is 4.22. The summed E-state index contributed by atoms with van der Waals surface area (Å²) in [5.41, 5.74) is 2.43. The molecule has 26 heavy (non-hydrogen) atoms. The molecule has 1 atom stereocenters. The SMILES string of the molecule is CCn1c([C@@H](NC(=O)c2cnc(C)cn2)C(C)C)nc2cc(F)ccc21. The van der Waals surface area contributed by atoms with Crippen LogP contribution < -0.4 is 5.32 Å². The number of rotatable bonds is 5. The molecule has 0 aliphatic rings. The molecule has 0 saturated carbocycles. The van der Waals surface area contributed by atoms with Gasteiger partial charge in [-0.1, -0.05) is 13.8 Å². The Morgan fingerprint density at radius 1 is 1.27 bits per heavy atom. The van der Waals surface area contributed by atoms with Crippen molar-refractivity contribution in [3.63, 3.8) is 0 Å². The van der Waals surface area contributed by atoms with Crippen LogP contribution >= 0.6 is 0 Å². The number of aryl methyl sites for hydroxylation is 2. The van der Waals surface area contributed by atoms with Crippen molar-refractivity contribution in [1.29, 1.82) is 0 Å². The maximum atomic E-state index is 13.6. The summed E-state index contributed by atoms with van der Waals surface area (Å²) >= 11 is 0. The van der Waals surface area contributed by atoms with E-state index < -0.39 is 0 Å². The highest BCUT2D eigenvalue weighted by atomic mass is 19.1. The number of aromatic nitrogens is 4. The molecule has 7 heteroatoms. The Hall–Kier alpha value is -2.83. The molecule has 2 heterocycles. The standard InChI is InChI=1S/C19H22FN5O/c1-5-25-16-7-6-13(20)8-14(16)23-18(25)17(11(2)3)24-19(26)15-10-21-12(4)9-22-15/h6-11,17H,5H2,1-4H3,(H,24,26)/t17-/m0/s1. The Kier molecular flexibility index (Phi) is 4.97. The molecule has 2 aromatic heterocycles. The Bertz CT molecular complexity index is 933. The molecule has 0 spiro atoms. The number of amides is 1. The first-order valence-electron chi connectivity index (χ1n) is 8.66. The van der Waals surface area contributed by atoms with Gasteiger partial charge in [0.15, 0.2) is 0 Å². The number of benzene rings is 1. The Morgan fingerprint density at radius 3 is 2.65 bits per heavy atom. The molecule has 0 unspecified atom stereocenters. The summed E-state index contributed by atoms with van der Waals surface area (Å²) in [5, 5.41) is 3.00. The summed E-state index contributed by atoms with van der Waals surface area (Å²) in [4.78, 5) is 25.4. The highest BCUT2D eigenvalue weighted by Gasteiger charge is 2.25. The number of nitrogens with one attached hydrogen (secondary N) is 1. The van der Waals surface area contributed by atoms with Gasteiger partial charge in [0.05, 0.1) is 29.0 Å². The van der Waals surface area contributed by atoms with Gasteiger partial charge < -0.3 is 9.88 Å². The van der Waals surface area contributed by atoms with E-state index >= 15 is 0 Å². The molecular formula is C19H22FN5O. The predicted octanol–water partition coefficient (Wildman–Crippen LogP) is 3.42. The molecule has 0 bridgehead atoms. The van der Waals surface area contributed by atoms with Gasteiger partial charge in [0.2, 0.25) is 0 Å². The first kappa shape index (κ1) is 18.0. The van der Waals surface area contributed by atoms with E-state index in [1.54, 1.807) is 12.3 Å². The average molecular weight is 355 g/mol. The van der Waals surface area contributed by atoms with Crippen LogP contribution in [-0.4, -0.2) is 25.4 Å². The summed E-state index contributed by atoms with van der Waals surface area (Å²) in [6.07, 6.45) is 3.02. The van der Waals surface area contributed by atoms with Crippen LogP contribution in [0.4, 0.5) is 4.39 Å². The van der Waals surface area contributed by atoms with E-state index in [9.17, 15) is 9.18 Å². The molecule has 0 saturated heterocycles. The van der Waals surface area contributed by atoms with Gasteiger partial charge in [0.1, 0.15) is 17.3 Å². The highest BCUT2D eigenvalue weighted by molar-refractivity contribution is 5.92. The second kappa shape index (κ2) is 7.19. The fourth-order valence-electron chi connectivity index (χ4n) is 2.95. The normalized spacial score (nSPS) is 12.5. The van der Waals surface area contributed by atoms with Crippen molar-refractivity contribution < 1.29 is 9.18 Å². The van der Waals surface area contributed by atoms with Gasteiger partial charge in [0.25, 0.3) is 5.91 Å². The highest BCUT2D eigenvalue weighted by Crippen LogP contribution is 2.26. The van der Waals surface area contributed by atoms with E-state index in [-0.39, 0.29) is 29.4 Å². The van der Waals surface area contributed by atoms with E-state index in [2.05, 4.69) is 20.3 Å². The fraction of sp³-hybridized carbons (Fsp3) is 0.368. The minimum atomic E-state index is -0.332. The zero-order chi connectivity index (χ0) is 18.8. The van der Waals surface area contributed by atoms with Crippen LogP contribution in [0.15, 0.2) is 30.6 Å². The number of imidazole rings is 1. The van der Waals surface area contributed by atoms with Crippen LogP contribution in [0.5, 0.6) is 0 Å². The molecule has 3 aromatic rings. The Morgan fingerprint density at radius 2 is 2.04 bits per heavy atom. The summed E-state index contributed by atoms with van der Waals surface area (Å²) in [5.74, 6) is 0.155. The molecule has 0 aliphatic heterocycles. The quantitative estimate of drug-likeness (QED) is 0.761. The summed E-state index contributed by atoms with van der Waals surface area (Å²) in [7, 11) is 0. The minimum Gasteiger partial charge on any atom is -0.340 e. The van der Waals surface area contributed by atoms with Gasteiger partial charge in [-0.3, -0.25) is 9.78 Å². The molecule has 0 radical (unpaired) electrons. The van der Waals surface area contributed by atoms with Crippen molar-refractivity contribution in [3.05, 3.63) is 53.6 Å². The Labute approximate surface area is 151 Å². The third-order valence-corrected chi connectivity index (χ3v) is 4.30. The lowest BCUT2D eigenvalue weighted by atomic mass is 10.0. The second-order valence-electron chi connectivity index (χ2n) is 6.59. The number of nitrogens with zero attached hydrogens (tertiary/aromatic N) is 4. The molecule has 0 aliphatic carbocycles. The van der Waals surface area contributed by atoms with Crippen molar-refractivity contribution in [2.45, 2.75) is 40.3 Å². The predicted molar refractivity (Wildman–Crippen MR) is 97.2 cm³/mol. The summed E-state index contributed by atoms with van der Waals surface area (Å²) in [6.45, 7) is 8.49.